The van der Waals surface area contributed by atoms with Crippen molar-refractivity contribution < 1.29 is 4.79 Å². The largest absolute Gasteiger partial charge is 0.327 e. The van der Waals surface area contributed by atoms with Gasteiger partial charge in [0.1, 0.15) is 5.82 Å². The molecule has 134 valence electrons. The van der Waals surface area contributed by atoms with Gasteiger partial charge in [-0.15, -0.1) is 0 Å². The fourth-order valence-electron chi connectivity index (χ4n) is 3.30. The number of benzene rings is 3. The number of fused-ring (bicyclic) bond motifs is 1. The van der Waals surface area contributed by atoms with E-state index < -0.39 is 0 Å². The molecule has 0 aliphatic carbocycles. The number of hydrogen-bond acceptors (Lipinski definition) is 2. The number of para-hydroxylation sites is 2. The minimum atomic E-state index is -0.0910. The lowest BCUT2D eigenvalue weighted by Gasteiger charge is -2.10. The summed E-state index contributed by atoms with van der Waals surface area (Å²) in [5, 5.41) is 2.98. The third-order valence-corrected chi connectivity index (χ3v) is 5.04. The normalized spacial score (nSPS) is 10.9. The van der Waals surface area contributed by atoms with Crippen LogP contribution in [0.15, 0.2) is 66.7 Å². The van der Waals surface area contributed by atoms with Crippen molar-refractivity contribution >= 4 is 22.6 Å². The first kappa shape index (κ1) is 17.0. The van der Waals surface area contributed by atoms with Crippen LogP contribution >= 0.6 is 0 Å². The minimum absolute atomic E-state index is 0.0910. The highest BCUT2D eigenvalue weighted by atomic mass is 16.1. The van der Waals surface area contributed by atoms with Gasteiger partial charge in [0.15, 0.2) is 0 Å². The summed E-state index contributed by atoms with van der Waals surface area (Å²) in [4.78, 5) is 17.3. The summed E-state index contributed by atoms with van der Waals surface area (Å²) in [5.74, 6) is 0.815. The predicted octanol–water partition coefficient (Wildman–Crippen LogP) is 5.11. The molecule has 0 unspecified atom stereocenters. The number of anilines is 1. The van der Waals surface area contributed by atoms with Gasteiger partial charge >= 0.3 is 0 Å². The molecule has 0 saturated carbocycles. The van der Waals surface area contributed by atoms with Crippen LogP contribution in [0.1, 0.15) is 21.5 Å². The van der Waals surface area contributed by atoms with Crippen molar-refractivity contribution in [3.63, 3.8) is 0 Å². The van der Waals surface area contributed by atoms with Gasteiger partial charge in [-0.2, -0.15) is 0 Å². The Morgan fingerprint density at radius 1 is 0.926 bits per heavy atom. The van der Waals surface area contributed by atoms with Gasteiger partial charge in [0.05, 0.1) is 11.0 Å². The predicted molar refractivity (Wildman–Crippen MR) is 110 cm³/mol. The van der Waals surface area contributed by atoms with E-state index >= 15 is 0 Å². The summed E-state index contributed by atoms with van der Waals surface area (Å²) in [5.41, 5.74) is 6.67. The molecule has 0 bridgehead atoms. The lowest BCUT2D eigenvalue weighted by Crippen LogP contribution is -2.13. The Labute approximate surface area is 158 Å². The van der Waals surface area contributed by atoms with Crippen LogP contribution in [-0.4, -0.2) is 15.5 Å². The maximum Gasteiger partial charge on any atom is 0.255 e. The molecule has 0 aliphatic heterocycles. The van der Waals surface area contributed by atoms with Crippen LogP contribution in [0.3, 0.4) is 0 Å². The van der Waals surface area contributed by atoms with Crippen LogP contribution < -0.4 is 5.32 Å². The standard InChI is InChI=1S/C23H21N3O/c1-15-7-6-8-19(16(15)2)23(27)24-18-13-11-17(12-14-18)22-25-20-9-4-5-10-21(20)26(22)3/h4-14H,1-3H3,(H,24,27). The minimum Gasteiger partial charge on any atom is -0.327 e. The van der Waals surface area contributed by atoms with Gasteiger partial charge in [0.2, 0.25) is 0 Å². The summed E-state index contributed by atoms with van der Waals surface area (Å²) in [6.45, 7) is 3.98. The molecular formula is C23H21N3O. The van der Waals surface area contributed by atoms with Crippen molar-refractivity contribution in [1.29, 1.82) is 0 Å². The van der Waals surface area contributed by atoms with Crippen molar-refractivity contribution in [3.8, 4) is 11.4 Å². The van der Waals surface area contributed by atoms with E-state index in [2.05, 4.69) is 16.0 Å². The van der Waals surface area contributed by atoms with E-state index in [1.807, 2.05) is 81.6 Å². The first-order valence-electron chi connectivity index (χ1n) is 8.94. The topological polar surface area (TPSA) is 46.9 Å². The van der Waals surface area contributed by atoms with Crippen LogP contribution in [0.4, 0.5) is 5.69 Å². The summed E-state index contributed by atoms with van der Waals surface area (Å²) >= 11 is 0. The van der Waals surface area contributed by atoms with Crippen molar-refractivity contribution in [2.45, 2.75) is 13.8 Å². The van der Waals surface area contributed by atoms with Crippen molar-refractivity contribution in [3.05, 3.63) is 83.4 Å². The van der Waals surface area contributed by atoms with Crippen molar-refractivity contribution in [2.24, 2.45) is 7.05 Å². The average molecular weight is 355 g/mol. The number of amides is 1. The number of rotatable bonds is 3. The van der Waals surface area contributed by atoms with Gasteiger partial charge in [-0.05, 0) is 67.4 Å². The second kappa shape index (κ2) is 6.72. The Bertz CT molecular complexity index is 1140. The van der Waals surface area contributed by atoms with Crippen molar-refractivity contribution in [2.75, 3.05) is 5.32 Å². The summed E-state index contributed by atoms with van der Waals surface area (Å²) in [6.07, 6.45) is 0. The zero-order chi connectivity index (χ0) is 19.0. The Morgan fingerprint density at radius 2 is 1.67 bits per heavy atom. The maximum atomic E-state index is 12.6. The van der Waals surface area contributed by atoms with E-state index in [9.17, 15) is 4.79 Å². The first-order chi connectivity index (χ1) is 13.0. The van der Waals surface area contributed by atoms with Gasteiger partial charge in [-0.1, -0.05) is 24.3 Å². The van der Waals surface area contributed by atoms with Crippen molar-refractivity contribution in [1.82, 2.24) is 9.55 Å². The molecule has 4 heteroatoms. The molecule has 4 aromatic rings. The highest BCUT2D eigenvalue weighted by Crippen LogP contribution is 2.25. The zero-order valence-electron chi connectivity index (χ0n) is 15.7. The highest BCUT2D eigenvalue weighted by molar-refractivity contribution is 6.05. The van der Waals surface area contributed by atoms with Gasteiger partial charge < -0.3 is 9.88 Å². The van der Waals surface area contributed by atoms with Crippen LogP contribution in [0, 0.1) is 13.8 Å². The second-order valence-corrected chi connectivity index (χ2v) is 6.76. The Kier molecular flexibility index (Phi) is 4.24. The SMILES string of the molecule is Cc1cccc(C(=O)Nc2ccc(-c3nc4ccccc4n3C)cc2)c1C. The van der Waals surface area contributed by atoms with E-state index in [1.165, 1.54) is 0 Å². The quantitative estimate of drug-likeness (QED) is 0.555. The Morgan fingerprint density at radius 3 is 2.41 bits per heavy atom. The summed E-state index contributed by atoms with van der Waals surface area (Å²) in [7, 11) is 2.01. The molecular weight excluding hydrogens is 334 g/mol. The third kappa shape index (κ3) is 3.10. The number of hydrogen-bond donors (Lipinski definition) is 1. The number of carbonyl (C=O) groups excluding carboxylic acids is 1. The first-order valence-corrected chi connectivity index (χ1v) is 8.94. The molecule has 1 aromatic heterocycles. The van der Waals surface area contributed by atoms with Crippen LogP contribution in [-0.2, 0) is 7.05 Å². The molecule has 0 aliphatic rings. The molecule has 1 amide bonds. The maximum absolute atomic E-state index is 12.6. The van der Waals surface area contributed by atoms with E-state index in [-0.39, 0.29) is 5.91 Å². The molecule has 3 aromatic carbocycles. The number of nitrogens with zero attached hydrogens (tertiary/aromatic N) is 2. The molecule has 4 nitrogen and oxygen atoms in total. The lowest BCUT2D eigenvalue weighted by atomic mass is 10.0. The van der Waals surface area contributed by atoms with Gasteiger partial charge in [-0.3, -0.25) is 4.79 Å². The van der Waals surface area contributed by atoms with E-state index in [0.29, 0.717) is 5.56 Å². The highest BCUT2D eigenvalue weighted by Gasteiger charge is 2.12. The number of carbonyl (C=O) groups is 1. The molecule has 0 fully saturated rings. The van der Waals surface area contributed by atoms with Crippen LogP contribution in [0.5, 0.6) is 0 Å². The lowest BCUT2D eigenvalue weighted by molar-refractivity contribution is 0.102. The average Bonchev–Trinajstić information content (AvgIpc) is 3.01. The van der Waals surface area contributed by atoms with Crippen LogP contribution in [0.2, 0.25) is 0 Å². The molecule has 0 saturated heterocycles. The van der Waals surface area contributed by atoms with E-state index in [4.69, 9.17) is 4.98 Å². The number of nitrogens with one attached hydrogen (secondary N) is 1. The monoisotopic (exact) mass is 355 g/mol. The molecule has 1 heterocycles. The Hall–Kier alpha value is -3.40. The molecule has 0 radical (unpaired) electrons. The molecule has 4 rings (SSSR count). The number of imidazole rings is 1. The fraction of sp³-hybridized carbons (Fsp3) is 0.130. The summed E-state index contributed by atoms with van der Waals surface area (Å²) < 4.78 is 2.08. The van der Waals surface area contributed by atoms with E-state index in [0.717, 1.165) is 39.2 Å². The molecule has 0 atom stereocenters. The fourth-order valence-corrected chi connectivity index (χ4v) is 3.30. The van der Waals surface area contributed by atoms with Gasteiger partial charge in [0, 0.05) is 23.9 Å². The van der Waals surface area contributed by atoms with Gasteiger partial charge in [-0.25, -0.2) is 4.98 Å². The van der Waals surface area contributed by atoms with E-state index in [1.54, 1.807) is 0 Å². The molecule has 1 N–H and O–H groups in total. The Balaban J connectivity index is 1.59. The smallest absolute Gasteiger partial charge is 0.255 e. The van der Waals surface area contributed by atoms with Crippen LogP contribution in [0.25, 0.3) is 22.4 Å². The number of aromatic nitrogens is 2. The molecule has 27 heavy (non-hydrogen) atoms. The summed E-state index contributed by atoms with van der Waals surface area (Å²) in [6, 6.07) is 21.7. The molecule has 0 spiro atoms. The zero-order valence-corrected chi connectivity index (χ0v) is 15.7. The third-order valence-electron chi connectivity index (χ3n) is 5.04. The number of aryl methyl sites for hydroxylation is 2. The second-order valence-electron chi connectivity index (χ2n) is 6.76. The van der Waals surface area contributed by atoms with Gasteiger partial charge in [0.25, 0.3) is 5.91 Å².